The maximum Gasteiger partial charge on any atom is 0.255 e. The molecule has 1 aromatic heterocycles. The molecule has 0 spiro atoms. The number of carbonyl (C=O) groups is 2. The molecule has 1 aliphatic rings. The number of halogens is 2. The quantitative estimate of drug-likeness (QED) is 0.724. The summed E-state index contributed by atoms with van der Waals surface area (Å²) < 4.78 is 0. The van der Waals surface area contributed by atoms with E-state index >= 15 is 0 Å². The summed E-state index contributed by atoms with van der Waals surface area (Å²) in [5.41, 5.74) is 2.23. The van der Waals surface area contributed by atoms with Gasteiger partial charge < -0.3 is 16.0 Å². The fraction of sp³-hybridized carbons (Fsp3) is 0.278. The molecule has 140 valence electrons. The SMILES string of the molecule is Cl.Cl.O=C(Nc1ccncc1)c1ccc(CNC(=O)C2CCCN2)cc1. The van der Waals surface area contributed by atoms with Gasteiger partial charge in [-0.05, 0) is 49.2 Å². The molecule has 26 heavy (non-hydrogen) atoms. The van der Waals surface area contributed by atoms with Crippen LogP contribution in [0.3, 0.4) is 0 Å². The molecule has 3 N–H and O–H groups in total. The number of nitrogens with one attached hydrogen (secondary N) is 3. The highest BCUT2D eigenvalue weighted by Gasteiger charge is 2.21. The van der Waals surface area contributed by atoms with Gasteiger partial charge in [-0.1, -0.05) is 12.1 Å². The van der Waals surface area contributed by atoms with E-state index in [1.165, 1.54) is 0 Å². The third-order valence-corrected chi connectivity index (χ3v) is 4.00. The number of hydrogen-bond donors (Lipinski definition) is 3. The number of anilines is 1. The molecular weight excluding hydrogens is 375 g/mol. The standard InChI is InChI=1S/C18H20N4O2.2ClH/c23-17(22-15-7-10-19-11-8-15)14-5-3-13(4-6-14)12-21-18(24)16-2-1-9-20-16;;/h3-8,10-11,16,20H,1-2,9,12H2,(H,21,24)(H,19,22,23);2*1H. The Morgan fingerprint density at radius 3 is 2.38 bits per heavy atom. The van der Waals surface area contributed by atoms with Crippen molar-refractivity contribution in [1.29, 1.82) is 0 Å². The highest BCUT2D eigenvalue weighted by molar-refractivity contribution is 6.04. The molecule has 1 atom stereocenters. The molecule has 1 unspecified atom stereocenters. The average Bonchev–Trinajstić information content (AvgIpc) is 3.16. The molecule has 1 saturated heterocycles. The molecule has 2 aromatic rings. The third-order valence-electron chi connectivity index (χ3n) is 4.00. The first-order valence-electron chi connectivity index (χ1n) is 8.04. The first-order chi connectivity index (χ1) is 11.7. The maximum atomic E-state index is 12.2. The highest BCUT2D eigenvalue weighted by Crippen LogP contribution is 2.10. The predicted octanol–water partition coefficient (Wildman–Crippen LogP) is 2.55. The van der Waals surface area contributed by atoms with Crippen molar-refractivity contribution in [2.75, 3.05) is 11.9 Å². The van der Waals surface area contributed by atoms with E-state index in [1.807, 2.05) is 12.1 Å². The van der Waals surface area contributed by atoms with Crippen molar-refractivity contribution in [3.8, 4) is 0 Å². The van der Waals surface area contributed by atoms with Gasteiger partial charge in [0.1, 0.15) is 0 Å². The molecule has 0 bridgehead atoms. The molecule has 1 aromatic carbocycles. The summed E-state index contributed by atoms with van der Waals surface area (Å²) in [6, 6.07) is 10.6. The fourth-order valence-corrected chi connectivity index (χ4v) is 2.63. The van der Waals surface area contributed by atoms with Gasteiger partial charge in [-0.15, -0.1) is 24.8 Å². The van der Waals surface area contributed by atoms with Crippen LogP contribution in [-0.2, 0) is 11.3 Å². The van der Waals surface area contributed by atoms with Gasteiger partial charge in [0.05, 0.1) is 6.04 Å². The first-order valence-corrected chi connectivity index (χ1v) is 8.04. The fourth-order valence-electron chi connectivity index (χ4n) is 2.63. The molecule has 3 rings (SSSR count). The molecule has 0 saturated carbocycles. The van der Waals surface area contributed by atoms with E-state index in [0.717, 1.165) is 24.9 Å². The van der Waals surface area contributed by atoms with Crippen LogP contribution in [0, 0.1) is 0 Å². The molecule has 2 amide bonds. The Balaban J connectivity index is 0.00000169. The van der Waals surface area contributed by atoms with Gasteiger partial charge in [0, 0.05) is 30.2 Å². The lowest BCUT2D eigenvalue weighted by molar-refractivity contribution is -0.122. The van der Waals surface area contributed by atoms with E-state index in [1.54, 1.807) is 36.7 Å². The number of aromatic nitrogens is 1. The number of carbonyl (C=O) groups excluding carboxylic acids is 2. The topological polar surface area (TPSA) is 83.1 Å². The van der Waals surface area contributed by atoms with Crippen LogP contribution in [0.5, 0.6) is 0 Å². The van der Waals surface area contributed by atoms with Crippen molar-refractivity contribution in [3.05, 3.63) is 59.9 Å². The van der Waals surface area contributed by atoms with Crippen molar-refractivity contribution in [2.24, 2.45) is 0 Å². The Morgan fingerprint density at radius 2 is 1.77 bits per heavy atom. The largest absolute Gasteiger partial charge is 0.351 e. The van der Waals surface area contributed by atoms with E-state index in [4.69, 9.17) is 0 Å². The molecule has 1 aliphatic heterocycles. The van der Waals surface area contributed by atoms with Crippen LogP contribution in [0.2, 0.25) is 0 Å². The monoisotopic (exact) mass is 396 g/mol. The zero-order valence-electron chi connectivity index (χ0n) is 14.1. The zero-order valence-corrected chi connectivity index (χ0v) is 15.7. The summed E-state index contributed by atoms with van der Waals surface area (Å²) in [6.45, 7) is 1.36. The Morgan fingerprint density at radius 1 is 1.08 bits per heavy atom. The van der Waals surface area contributed by atoms with Crippen LogP contribution < -0.4 is 16.0 Å². The number of rotatable bonds is 5. The summed E-state index contributed by atoms with van der Waals surface area (Å²) in [6.07, 6.45) is 5.18. The second-order valence-corrected chi connectivity index (χ2v) is 5.75. The normalized spacial score (nSPS) is 15.3. The first kappa shape index (κ1) is 21.9. The number of amides is 2. The Kier molecular flexibility index (Phi) is 9.05. The summed E-state index contributed by atoms with van der Waals surface area (Å²) in [7, 11) is 0. The van der Waals surface area contributed by atoms with Crippen LogP contribution in [0.15, 0.2) is 48.8 Å². The Bertz CT molecular complexity index is 705. The highest BCUT2D eigenvalue weighted by atomic mass is 35.5. The van der Waals surface area contributed by atoms with Crippen molar-refractivity contribution in [2.45, 2.75) is 25.4 Å². The summed E-state index contributed by atoms with van der Waals surface area (Å²) in [5, 5.41) is 8.90. The minimum atomic E-state index is -0.174. The summed E-state index contributed by atoms with van der Waals surface area (Å²) in [4.78, 5) is 28.0. The predicted molar refractivity (Wildman–Crippen MR) is 106 cm³/mol. The van der Waals surface area contributed by atoms with Crippen molar-refractivity contribution >= 4 is 42.3 Å². The van der Waals surface area contributed by atoms with E-state index < -0.39 is 0 Å². The van der Waals surface area contributed by atoms with E-state index in [0.29, 0.717) is 17.8 Å². The van der Waals surface area contributed by atoms with E-state index in [9.17, 15) is 9.59 Å². The molecular formula is C18H22Cl2N4O2. The van der Waals surface area contributed by atoms with Crippen LogP contribution >= 0.6 is 24.8 Å². The molecule has 1 fully saturated rings. The van der Waals surface area contributed by atoms with Crippen LogP contribution in [0.4, 0.5) is 5.69 Å². The Labute approximate surface area is 165 Å². The summed E-state index contributed by atoms with van der Waals surface area (Å²) >= 11 is 0. The maximum absolute atomic E-state index is 12.2. The number of nitrogens with zero attached hydrogens (tertiary/aromatic N) is 1. The van der Waals surface area contributed by atoms with Gasteiger partial charge in [-0.25, -0.2) is 0 Å². The molecule has 8 heteroatoms. The van der Waals surface area contributed by atoms with Crippen molar-refractivity contribution < 1.29 is 9.59 Å². The van der Waals surface area contributed by atoms with Crippen LogP contribution in [0.1, 0.15) is 28.8 Å². The van der Waals surface area contributed by atoms with Gasteiger partial charge in [0.2, 0.25) is 5.91 Å². The summed E-state index contributed by atoms with van der Waals surface area (Å²) in [5.74, 6) is -0.140. The minimum absolute atomic E-state index is 0. The van der Waals surface area contributed by atoms with Gasteiger partial charge >= 0.3 is 0 Å². The lowest BCUT2D eigenvalue weighted by Crippen LogP contribution is -2.39. The second kappa shape index (κ2) is 10.8. The third kappa shape index (κ3) is 5.98. The van der Waals surface area contributed by atoms with Crippen molar-refractivity contribution in [1.82, 2.24) is 15.6 Å². The van der Waals surface area contributed by atoms with Gasteiger partial charge in [0.15, 0.2) is 0 Å². The second-order valence-electron chi connectivity index (χ2n) is 5.75. The molecule has 0 aliphatic carbocycles. The zero-order chi connectivity index (χ0) is 16.8. The van der Waals surface area contributed by atoms with E-state index in [-0.39, 0.29) is 42.7 Å². The minimum Gasteiger partial charge on any atom is -0.351 e. The molecule has 2 heterocycles. The molecule has 6 nitrogen and oxygen atoms in total. The van der Waals surface area contributed by atoms with Crippen LogP contribution in [0.25, 0.3) is 0 Å². The van der Waals surface area contributed by atoms with Gasteiger partial charge in [-0.3, -0.25) is 14.6 Å². The smallest absolute Gasteiger partial charge is 0.255 e. The molecule has 0 radical (unpaired) electrons. The Hall–Kier alpha value is -2.15. The van der Waals surface area contributed by atoms with Crippen molar-refractivity contribution in [3.63, 3.8) is 0 Å². The number of pyridine rings is 1. The van der Waals surface area contributed by atoms with E-state index in [2.05, 4.69) is 20.9 Å². The van der Waals surface area contributed by atoms with Crippen LogP contribution in [-0.4, -0.2) is 29.4 Å². The average molecular weight is 397 g/mol. The van der Waals surface area contributed by atoms with Gasteiger partial charge in [0.25, 0.3) is 5.91 Å². The lowest BCUT2D eigenvalue weighted by Gasteiger charge is -2.11. The lowest BCUT2D eigenvalue weighted by atomic mass is 10.1. The van der Waals surface area contributed by atoms with Gasteiger partial charge in [-0.2, -0.15) is 0 Å². The number of hydrogen-bond acceptors (Lipinski definition) is 4. The number of benzene rings is 1.